The number of tetrazole rings is 1. The highest BCUT2D eigenvalue weighted by molar-refractivity contribution is 5.27. The van der Waals surface area contributed by atoms with Crippen LogP contribution < -0.4 is 4.90 Å². The summed E-state index contributed by atoms with van der Waals surface area (Å²) in [7, 11) is 1.78. The molecule has 2 rings (SSSR count). The summed E-state index contributed by atoms with van der Waals surface area (Å²) in [5.74, 6) is 0.769. The molecule has 1 aliphatic rings. The van der Waals surface area contributed by atoms with Crippen LogP contribution in [0.1, 0.15) is 12.8 Å². The van der Waals surface area contributed by atoms with E-state index >= 15 is 0 Å². The number of hydrogen-bond acceptors (Lipinski definition) is 4. The Balaban J connectivity index is 2.15. The van der Waals surface area contributed by atoms with Crippen LogP contribution in [0.4, 0.5) is 5.95 Å². The second-order valence-corrected chi connectivity index (χ2v) is 2.77. The molecule has 1 aromatic heterocycles. The van der Waals surface area contributed by atoms with Crippen LogP contribution in [0.3, 0.4) is 0 Å². The summed E-state index contributed by atoms with van der Waals surface area (Å²) in [5, 5.41) is 11.8. The van der Waals surface area contributed by atoms with Gasteiger partial charge in [0.05, 0.1) is 7.05 Å². The van der Waals surface area contributed by atoms with Gasteiger partial charge in [-0.25, -0.2) is 0 Å². The highest BCUT2D eigenvalue weighted by Gasteiger charge is 2.15. The number of aromatic nitrogens is 4. The number of hydrogen-bond donors (Lipinski definition) is 0. The highest BCUT2D eigenvalue weighted by Crippen LogP contribution is 2.12. The number of anilines is 1. The van der Waals surface area contributed by atoms with Gasteiger partial charge in [-0.1, -0.05) is 5.10 Å². The molecule has 1 fully saturated rings. The van der Waals surface area contributed by atoms with Gasteiger partial charge in [-0.15, -0.1) is 5.10 Å². The van der Waals surface area contributed by atoms with Crippen LogP contribution in [0.5, 0.6) is 0 Å². The van der Waals surface area contributed by atoms with Crippen LogP contribution in [0.15, 0.2) is 0 Å². The molecular weight excluding hydrogens is 142 g/mol. The van der Waals surface area contributed by atoms with Gasteiger partial charge in [0.15, 0.2) is 0 Å². The second-order valence-electron chi connectivity index (χ2n) is 2.77. The van der Waals surface area contributed by atoms with Crippen LogP contribution in [0, 0.1) is 0 Å². The summed E-state index contributed by atoms with van der Waals surface area (Å²) in [6, 6.07) is 0. The summed E-state index contributed by atoms with van der Waals surface area (Å²) in [6.45, 7) is 2.15. The molecule has 0 spiro atoms. The minimum absolute atomic E-state index is 0.769. The molecule has 0 aliphatic carbocycles. The standard InChI is InChI=1S/C6H11N5/c1-10-8-6(7-9-10)11-4-2-3-5-11/h2-5H2,1H3. The first-order valence-corrected chi connectivity index (χ1v) is 3.85. The van der Waals surface area contributed by atoms with Gasteiger partial charge >= 0.3 is 0 Å². The Morgan fingerprint density at radius 2 is 2.00 bits per heavy atom. The van der Waals surface area contributed by atoms with Crippen molar-refractivity contribution in [3.63, 3.8) is 0 Å². The normalized spacial score (nSPS) is 17.7. The van der Waals surface area contributed by atoms with E-state index in [0.717, 1.165) is 19.0 Å². The predicted molar refractivity (Wildman–Crippen MR) is 40.2 cm³/mol. The van der Waals surface area contributed by atoms with Gasteiger partial charge in [-0.2, -0.15) is 4.80 Å². The van der Waals surface area contributed by atoms with Gasteiger partial charge in [0.25, 0.3) is 5.95 Å². The van der Waals surface area contributed by atoms with E-state index in [9.17, 15) is 0 Å². The average Bonchev–Trinajstić information content (AvgIpc) is 2.55. The molecule has 0 amide bonds. The van der Waals surface area contributed by atoms with Crippen LogP contribution in [0.2, 0.25) is 0 Å². The Labute approximate surface area is 65.0 Å². The van der Waals surface area contributed by atoms with Crippen molar-refractivity contribution in [2.45, 2.75) is 12.8 Å². The number of aryl methyl sites for hydroxylation is 1. The minimum Gasteiger partial charge on any atom is -0.338 e. The molecule has 2 heterocycles. The van der Waals surface area contributed by atoms with E-state index in [1.165, 1.54) is 17.6 Å². The predicted octanol–water partition coefficient (Wildman–Crippen LogP) is -0.190. The lowest BCUT2D eigenvalue weighted by Gasteiger charge is -2.09. The first-order valence-electron chi connectivity index (χ1n) is 3.85. The Bertz CT molecular complexity index is 237. The minimum atomic E-state index is 0.769. The van der Waals surface area contributed by atoms with Crippen molar-refractivity contribution < 1.29 is 0 Å². The largest absolute Gasteiger partial charge is 0.338 e. The van der Waals surface area contributed by atoms with Crippen LogP contribution in [-0.2, 0) is 7.05 Å². The molecule has 0 atom stereocenters. The molecule has 1 aromatic rings. The molecule has 11 heavy (non-hydrogen) atoms. The topological polar surface area (TPSA) is 46.8 Å². The lowest BCUT2D eigenvalue weighted by molar-refractivity contribution is 0.629. The fourth-order valence-electron chi connectivity index (χ4n) is 1.32. The van der Waals surface area contributed by atoms with Gasteiger partial charge in [0.2, 0.25) is 0 Å². The third kappa shape index (κ3) is 1.18. The van der Waals surface area contributed by atoms with Gasteiger partial charge in [0.1, 0.15) is 0 Å². The van der Waals surface area contributed by atoms with Crippen molar-refractivity contribution in [2.24, 2.45) is 7.05 Å². The summed E-state index contributed by atoms with van der Waals surface area (Å²) in [4.78, 5) is 3.65. The molecule has 0 aromatic carbocycles. The smallest absolute Gasteiger partial charge is 0.266 e. The van der Waals surface area contributed by atoms with Crippen molar-refractivity contribution in [1.82, 2.24) is 20.2 Å². The molecule has 5 nitrogen and oxygen atoms in total. The molecule has 5 heteroatoms. The van der Waals surface area contributed by atoms with E-state index in [4.69, 9.17) is 0 Å². The van der Waals surface area contributed by atoms with Gasteiger partial charge in [0, 0.05) is 13.1 Å². The lowest BCUT2D eigenvalue weighted by Crippen LogP contribution is -2.19. The van der Waals surface area contributed by atoms with E-state index in [2.05, 4.69) is 20.3 Å². The molecule has 1 aliphatic heterocycles. The average molecular weight is 153 g/mol. The van der Waals surface area contributed by atoms with Crippen molar-refractivity contribution >= 4 is 5.95 Å². The zero-order chi connectivity index (χ0) is 7.68. The van der Waals surface area contributed by atoms with Gasteiger partial charge < -0.3 is 4.90 Å². The molecule has 0 saturated carbocycles. The van der Waals surface area contributed by atoms with E-state index in [0.29, 0.717) is 0 Å². The Kier molecular flexibility index (Phi) is 1.48. The van der Waals surface area contributed by atoms with Crippen LogP contribution in [-0.4, -0.2) is 33.3 Å². The summed E-state index contributed by atoms with van der Waals surface area (Å²) >= 11 is 0. The quantitative estimate of drug-likeness (QED) is 0.561. The van der Waals surface area contributed by atoms with Gasteiger partial charge in [-0.05, 0) is 18.1 Å². The van der Waals surface area contributed by atoms with E-state index in [1.54, 1.807) is 7.05 Å². The zero-order valence-corrected chi connectivity index (χ0v) is 6.56. The van der Waals surface area contributed by atoms with E-state index < -0.39 is 0 Å². The fourth-order valence-corrected chi connectivity index (χ4v) is 1.32. The highest BCUT2D eigenvalue weighted by atomic mass is 15.6. The molecule has 1 saturated heterocycles. The number of nitrogens with zero attached hydrogens (tertiary/aromatic N) is 5. The first kappa shape index (κ1) is 6.57. The Morgan fingerprint density at radius 1 is 1.27 bits per heavy atom. The Hall–Kier alpha value is -1.13. The molecule has 60 valence electrons. The maximum Gasteiger partial charge on any atom is 0.266 e. The molecule has 0 N–H and O–H groups in total. The third-order valence-corrected chi connectivity index (χ3v) is 1.89. The van der Waals surface area contributed by atoms with Crippen LogP contribution >= 0.6 is 0 Å². The molecular formula is C6H11N5. The monoisotopic (exact) mass is 153 g/mol. The molecule has 0 radical (unpaired) electrons. The van der Waals surface area contributed by atoms with Crippen molar-refractivity contribution in [2.75, 3.05) is 18.0 Å². The Morgan fingerprint density at radius 3 is 2.55 bits per heavy atom. The SMILES string of the molecule is Cn1nnc(N2CCCC2)n1. The lowest BCUT2D eigenvalue weighted by atomic mass is 10.4. The fraction of sp³-hybridized carbons (Fsp3) is 0.833. The maximum atomic E-state index is 4.11. The second kappa shape index (κ2) is 2.48. The van der Waals surface area contributed by atoms with Gasteiger partial charge in [-0.3, -0.25) is 0 Å². The molecule has 0 unspecified atom stereocenters. The maximum absolute atomic E-state index is 4.11. The number of rotatable bonds is 1. The third-order valence-electron chi connectivity index (χ3n) is 1.89. The summed E-state index contributed by atoms with van der Waals surface area (Å²) < 4.78 is 0. The van der Waals surface area contributed by atoms with Crippen LogP contribution in [0.25, 0.3) is 0 Å². The molecule has 0 bridgehead atoms. The van der Waals surface area contributed by atoms with Crippen molar-refractivity contribution in [3.8, 4) is 0 Å². The zero-order valence-electron chi connectivity index (χ0n) is 6.56. The first-order chi connectivity index (χ1) is 5.36. The summed E-state index contributed by atoms with van der Waals surface area (Å²) in [6.07, 6.45) is 2.50. The van der Waals surface area contributed by atoms with Crippen molar-refractivity contribution in [3.05, 3.63) is 0 Å². The van der Waals surface area contributed by atoms with E-state index in [1.807, 2.05) is 0 Å². The van der Waals surface area contributed by atoms with E-state index in [-0.39, 0.29) is 0 Å². The summed E-state index contributed by atoms with van der Waals surface area (Å²) in [5.41, 5.74) is 0. The van der Waals surface area contributed by atoms with Crippen molar-refractivity contribution in [1.29, 1.82) is 0 Å².